The summed E-state index contributed by atoms with van der Waals surface area (Å²) in [5.41, 5.74) is 7.27. The number of rotatable bonds is 6. The van der Waals surface area contributed by atoms with Crippen LogP contribution in [0.4, 0.5) is 0 Å². The molecule has 3 rings (SSSR count). The standard InChI is InChI=1S/C26H26.2C2H6/c1-5-9-15-21(8-4)26(20(7-3)14-6-2)24-18-12-10-16-22(24)23-17-11-13-19-25(23)26;2*1-2/h6-19H,2-3,5H2,1,4H3;2*1-2H3/b15-9-,20-14+,21-8+;;. The summed E-state index contributed by atoms with van der Waals surface area (Å²) in [6, 6.07) is 17.4. The van der Waals surface area contributed by atoms with Gasteiger partial charge in [0.2, 0.25) is 0 Å². The van der Waals surface area contributed by atoms with Crippen molar-refractivity contribution in [1.82, 2.24) is 0 Å². The molecule has 158 valence electrons. The molecule has 0 atom stereocenters. The first kappa shape index (κ1) is 25.2. The molecular formula is C30H38. The van der Waals surface area contributed by atoms with Gasteiger partial charge in [0.15, 0.2) is 0 Å². The third-order valence-electron chi connectivity index (χ3n) is 5.18. The lowest BCUT2D eigenvalue weighted by Gasteiger charge is -2.35. The molecule has 0 N–H and O–H groups in total. The molecule has 0 unspecified atom stereocenters. The van der Waals surface area contributed by atoms with E-state index in [1.54, 1.807) is 0 Å². The van der Waals surface area contributed by atoms with Crippen LogP contribution in [0.15, 0.2) is 109 Å². The van der Waals surface area contributed by atoms with Crippen molar-refractivity contribution in [1.29, 1.82) is 0 Å². The predicted octanol–water partition coefficient (Wildman–Crippen LogP) is 9.22. The molecule has 1 aliphatic carbocycles. The Hall–Kier alpha value is -2.86. The first-order chi connectivity index (χ1) is 14.7. The Bertz CT molecular complexity index is 873. The highest BCUT2D eigenvalue weighted by atomic mass is 14.5. The molecule has 0 heterocycles. The van der Waals surface area contributed by atoms with Crippen LogP contribution in [-0.4, -0.2) is 0 Å². The second-order valence-electron chi connectivity index (χ2n) is 6.46. The second-order valence-corrected chi connectivity index (χ2v) is 6.46. The molecule has 2 aromatic rings. The molecule has 0 saturated carbocycles. The van der Waals surface area contributed by atoms with E-state index in [0.717, 1.165) is 12.0 Å². The van der Waals surface area contributed by atoms with Crippen LogP contribution in [0.3, 0.4) is 0 Å². The molecule has 2 aromatic carbocycles. The van der Waals surface area contributed by atoms with Gasteiger partial charge in [-0.1, -0.05) is 133 Å². The van der Waals surface area contributed by atoms with Gasteiger partial charge in [-0.05, 0) is 46.7 Å². The van der Waals surface area contributed by atoms with E-state index in [-0.39, 0.29) is 5.41 Å². The van der Waals surface area contributed by atoms with Gasteiger partial charge in [-0.2, -0.15) is 0 Å². The summed E-state index contributed by atoms with van der Waals surface area (Å²) in [5, 5.41) is 0. The van der Waals surface area contributed by atoms with E-state index in [1.807, 2.05) is 39.8 Å². The van der Waals surface area contributed by atoms with E-state index in [1.165, 1.54) is 27.8 Å². The summed E-state index contributed by atoms with van der Waals surface area (Å²) in [4.78, 5) is 0. The van der Waals surface area contributed by atoms with Crippen molar-refractivity contribution in [2.24, 2.45) is 0 Å². The van der Waals surface area contributed by atoms with Gasteiger partial charge in [-0.3, -0.25) is 0 Å². The van der Waals surface area contributed by atoms with Crippen LogP contribution in [-0.2, 0) is 5.41 Å². The van der Waals surface area contributed by atoms with Gasteiger partial charge in [-0.25, -0.2) is 0 Å². The normalized spacial score (nSPS) is 13.9. The largest absolute Gasteiger partial charge is 0.0991 e. The van der Waals surface area contributed by atoms with Crippen molar-refractivity contribution < 1.29 is 0 Å². The summed E-state index contributed by atoms with van der Waals surface area (Å²) >= 11 is 0. The van der Waals surface area contributed by atoms with Gasteiger partial charge in [0.1, 0.15) is 0 Å². The van der Waals surface area contributed by atoms with Crippen LogP contribution in [0.1, 0.15) is 59.1 Å². The van der Waals surface area contributed by atoms with Crippen molar-refractivity contribution >= 4 is 0 Å². The maximum atomic E-state index is 4.14. The molecule has 0 heteroatoms. The summed E-state index contributed by atoms with van der Waals surface area (Å²) in [6.45, 7) is 20.4. The minimum absolute atomic E-state index is 0.358. The fraction of sp³-hybridized carbons (Fsp3) is 0.267. The van der Waals surface area contributed by atoms with E-state index >= 15 is 0 Å². The molecule has 0 fully saturated rings. The summed E-state index contributed by atoms with van der Waals surface area (Å²) in [5.74, 6) is 0. The lowest BCUT2D eigenvalue weighted by Crippen LogP contribution is -2.29. The van der Waals surface area contributed by atoms with Crippen molar-refractivity contribution in [3.8, 4) is 11.1 Å². The van der Waals surface area contributed by atoms with Crippen LogP contribution in [0.25, 0.3) is 11.1 Å². The Morgan fingerprint density at radius 3 is 1.73 bits per heavy atom. The lowest BCUT2D eigenvalue weighted by atomic mass is 9.66. The topological polar surface area (TPSA) is 0 Å². The van der Waals surface area contributed by atoms with Gasteiger partial charge < -0.3 is 0 Å². The highest BCUT2D eigenvalue weighted by molar-refractivity contribution is 5.87. The quantitative estimate of drug-likeness (QED) is 0.425. The molecule has 1 aliphatic rings. The third kappa shape index (κ3) is 4.33. The van der Waals surface area contributed by atoms with Crippen LogP contribution >= 0.6 is 0 Å². The average Bonchev–Trinajstić information content (AvgIpc) is 3.12. The van der Waals surface area contributed by atoms with E-state index in [0.29, 0.717) is 0 Å². The lowest BCUT2D eigenvalue weighted by molar-refractivity contribution is 0.763. The monoisotopic (exact) mass is 398 g/mol. The Morgan fingerprint density at radius 2 is 1.33 bits per heavy atom. The molecule has 0 nitrogen and oxygen atoms in total. The van der Waals surface area contributed by atoms with E-state index < -0.39 is 0 Å². The number of allylic oxidation sites excluding steroid dienone is 8. The zero-order valence-electron chi connectivity index (χ0n) is 19.7. The van der Waals surface area contributed by atoms with Crippen molar-refractivity contribution in [3.05, 3.63) is 120 Å². The molecule has 0 aliphatic heterocycles. The van der Waals surface area contributed by atoms with Crippen molar-refractivity contribution in [2.45, 2.75) is 53.4 Å². The molecular weight excluding hydrogens is 360 g/mol. The van der Waals surface area contributed by atoms with Crippen LogP contribution in [0, 0.1) is 0 Å². The van der Waals surface area contributed by atoms with Gasteiger partial charge in [0.05, 0.1) is 5.41 Å². The second kappa shape index (κ2) is 12.6. The van der Waals surface area contributed by atoms with Crippen LogP contribution in [0.5, 0.6) is 0 Å². The van der Waals surface area contributed by atoms with E-state index in [4.69, 9.17) is 0 Å². The van der Waals surface area contributed by atoms with Gasteiger partial charge in [0.25, 0.3) is 0 Å². The van der Waals surface area contributed by atoms with Crippen LogP contribution < -0.4 is 0 Å². The smallest absolute Gasteiger partial charge is 0.0710 e. The SMILES string of the molecule is C=C/C=C(\C=C)C1(C(/C=C\CC)=C/C)c2ccccc2-c2ccccc21.CC.CC. The fourth-order valence-electron chi connectivity index (χ4n) is 4.18. The highest BCUT2D eigenvalue weighted by Crippen LogP contribution is 2.56. The predicted molar refractivity (Wildman–Crippen MR) is 137 cm³/mol. The van der Waals surface area contributed by atoms with Gasteiger partial charge in [-0.15, -0.1) is 0 Å². The number of hydrogen-bond acceptors (Lipinski definition) is 0. The first-order valence-corrected chi connectivity index (χ1v) is 11.2. The minimum Gasteiger partial charge on any atom is -0.0991 e. The fourth-order valence-corrected chi connectivity index (χ4v) is 4.18. The summed E-state index contributed by atoms with van der Waals surface area (Å²) < 4.78 is 0. The Morgan fingerprint density at radius 1 is 0.833 bits per heavy atom. The van der Waals surface area contributed by atoms with Crippen molar-refractivity contribution in [2.75, 3.05) is 0 Å². The van der Waals surface area contributed by atoms with E-state index in [2.05, 4.69) is 99.8 Å². The summed E-state index contributed by atoms with van der Waals surface area (Å²) in [7, 11) is 0. The van der Waals surface area contributed by atoms with Crippen LogP contribution in [0.2, 0.25) is 0 Å². The highest BCUT2D eigenvalue weighted by Gasteiger charge is 2.46. The van der Waals surface area contributed by atoms with Crippen molar-refractivity contribution in [3.63, 3.8) is 0 Å². The number of hydrogen-bond donors (Lipinski definition) is 0. The molecule has 0 radical (unpaired) electrons. The average molecular weight is 399 g/mol. The number of fused-ring (bicyclic) bond motifs is 3. The molecule has 0 bridgehead atoms. The molecule has 30 heavy (non-hydrogen) atoms. The molecule has 0 amide bonds. The third-order valence-corrected chi connectivity index (χ3v) is 5.18. The summed E-state index contributed by atoms with van der Waals surface area (Å²) in [6.07, 6.45) is 13.7. The Kier molecular flexibility index (Phi) is 10.6. The zero-order valence-corrected chi connectivity index (χ0v) is 19.7. The molecule has 0 saturated heterocycles. The number of benzene rings is 2. The van der Waals surface area contributed by atoms with Gasteiger partial charge >= 0.3 is 0 Å². The van der Waals surface area contributed by atoms with Gasteiger partial charge in [0, 0.05) is 0 Å². The molecule has 0 aromatic heterocycles. The molecule has 0 spiro atoms. The maximum Gasteiger partial charge on any atom is 0.0710 e. The zero-order chi connectivity index (χ0) is 22.6. The minimum atomic E-state index is -0.358. The Labute approximate surface area is 185 Å². The first-order valence-electron chi connectivity index (χ1n) is 11.2. The maximum absolute atomic E-state index is 4.14. The Balaban J connectivity index is 0.00000106. The van der Waals surface area contributed by atoms with E-state index in [9.17, 15) is 0 Å².